The fourth-order valence-corrected chi connectivity index (χ4v) is 3.93. The molecular formula is C24H28FN5O. The normalized spacial score (nSPS) is 14.6. The third-order valence-electron chi connectivity index (χ3n) is 5.89. The van der Waals surface area contributed by atoms with Crippen molar-refractivity contribution < 1.29 is 9.18 Å². The number of carbonyl (C=O) groups excluding carboxylic acids is 1. The summed E-state index contributed by atoms with van der Waals surface area (Å²) in [5.41, 5.74) is 2.99. The topological polar surface area (TPSA) is 63.1 Å². The molecule has 0 unspecified atom stereocenters. The monoisotopic (exact) mass is 421 g/mol. The number of hydrogen-bond donors (Lipinski definition) is 1. The molecule has 0 bridgehead atoms. The molecule has 1 aromatic carbocycles. The van der Waals surface area contributed by atoms with E-state index in [1.165, 1.54) is 25.0 Å². The Labute approximate surface area is 182 Å². The number of piperidine rings is 1. The van der Waals surface area contributed by atoms with Crippen molar-refractivity contribution in [1.29, 1.82) is 0 Å². The largest absolute Gasteiger partial charge is 0.357 e. The van der Waals surface area contributed by atoms with Gasteiger partial charge in [0.25, 0.3) is 5.91 Å². The molecule has 3 heterocycles. The van der Waals surface area contributed by atoms with Gasteiger partial charge in [-0.2, -0.15) is 5.10 Å². The Hall–Kier alpha value is -3.22. The van der Waals surface area contributed by atoms with E-state index < -0.39 is 0 Å². The first-order chi connectivity index (χ1) is 15.0. The molecule has 162 valence electrons. The number of hydrogen-bond acceptors (Lipinski definition) is 4. The smallest absolute Gasteiger partial charge is 0.255 e. The number of carbonyl (C=O) groups is 1. The molecule has 4 rings (SSSR count). The minimum absolute atomic E-state index is 0.181. The first-order valence-corrected chi connectivity index (χ1v) is 10.9. The maximum atomic E-state index is 13.2. The molecule has 31 heavy (non-hydrogen) atoms. The van der Waals surface area contributed by atoms with Gasteiger partial charge in [0.1, 0.15) is 11.6 Å². The summed E-state index contributed by atoms with van der Waals surface area (Å²) in [6, 6.07) is 10.1. The highest BCUT2D eigenvalue weighted by Gasteiger charge is 2.18. The number of rotatable bonds is 6. The average Bonchev–Trinajstić information content (AvgIpc) is 3.23. The molecule has 1 saturated heterocycles. The van der Waals surface area contributed by atoms with E-state index in [2.05, 4.69) is 27.2 Å². The molecule has 1 aliphatic heterocycles. The molecule has 2 aromatic heterocycles. The minimum atomic E-state index is -0.304. The van der Waals surface area contributed by atoms with Gasteiger partial charge < -0.3 is 10.2 Å². The van der Waals surface area contributed by atoms with Gasteiger partial charge in [-0.15, -0.1) is 0 Å². The zero-order valence-corrected chi connectivity index (χ0v) is 18.0. The maximum absolute atomic E-state index is 13.2. The van der Waals surface area contributed by atoms with Crippen LogP contribution < -0.4 is 10.2 Å². The average molecular weight is 422 g/mol. The lowest BCUT2D eigenvalue weighted by Crippen LogP contribution is -2.33. The molecule has 0 saturated carbocycles. The van der Waals surface area contributed by atoms with Crippen LogP contribution in [-0.4, -0.2) is 33.8 Å². The lowest BCUT2D eigenvalue weighted by atomic mass is 9.99. The zero-order chi connectivity index (χ0) is 21.8. The third kappa shape index (κ3) is 4.76. The number of nitrogens with one attached hydrogen (secondary N) is 1. The zero-order valence-electron chi connectivity index (χ0n) is 18.0. The van der Waals surface area contributed by atoms with Gasteiger partial charge in [0, 0.05) is 25.8 Å². The molecule has 7 heteroatoms. The summed E-state index contributed by atoms with van der Waals surface area (Å²) in [7, 11) is 0. The molecule has 1 N–H and O–H groups in total. The molecule has 0 atom stereocenters. The van der Waals surface area contributed by atoms with E-state index >= 15 is 0 Å². The molecule has 6 nitrogen and oxygen atoms in total. The molecule has 0 spiro atoms. The number of pyridine rings is 1. The standard InChI is InChI=1S/C24H28FN5O/c1-3-22-21(16-28-30(22)20-7-5-19(25)6-8-20)24(31)27-15-18-4-9-23(26-14-18)29-12-10-17(2)11-13-29/h4-9,14,16-17H,3,10-13,15H2,1-2H3,(H,27,31). The Balaban J connectivity index is 1.40. The van der Waals surface area contributed by atoms with Crippen LogP contribution in [0.2, 0.25) is 0 Å². The number of aromatic nitrogens is 3. The molecule has 0 radical (unpaired) electrons. The van der Waals surface area contributed by atoms with Gasteiger partial charge >= 0.3 is 0 Å². The Bertz CT molecular complexity index is 1020. The van der Waals surface area contributed by atoms with Crippen molar-refractivity contribution in [2.45, 2.75) is 39.7 Å². The van der Waals surface area contributed by atoms with Crippen molar-refractivity contribution in [2.24, 2.45) is 5.92 Å². The first kappa shape index (κ1) is 21.0. The van der Waals surface area contributed by atoms with Crippen LogP contribution in [0.5, 0.6) is 0 Å². The van der Waals surface area contributed by atoms with E-state index in [1.54, 1.807) is 23.0 Å². The van der Waals surface area contributed by atoms with Gasteiger partial charge in [0.15, 0.2) is 0 Å². The number of benzene rings is 1. The van der Waals surface area contributed by atoms with Crippen LogP contribution in [0, 0.1) is 11.7 Å². The van der Waals surface area contributed by atoms with Crippen LogP contribution in [0.25, 0.3) is 5.69 Å². The van der Waals surface area contributed by atoms with Gasteiger partial charge in [0.05, 0.1) is 23.1 Å². The molecule has 1 fully saturated rings. The molecule has 0 aliphatic carbocycles. The van der Waals surface area contributed by atoms with Crippen LogP contribution in [0.4, 0.5) is 10.2 Å². The van der Waals surface area contributed by atoms with Crippen molar-refractivity contribution in [3.63, 3.8) is 0 Å². The fraction of sp³-hybridized carbons (Fsp3) is 0.375. The predicted octanol–water partition coefficient (Wildman–Crippen LogP) is 4.14. The highest BCUT2D eigenvalue weighted by Crippen LogP contribution is 2.21. The number of halogens is 1. The minimum Gasteiger partial charge on any atom is -0.357 e. The summed E-state index contributed by atoms with van der Waals surface area (Å²) >= 11 is 0. The van der Waals surface area contributed by atoms with Crippen LogP contribution in [-0.2, 0) is 13.0 Å². The summed E-state index contributed by atoms with van der Waals surface area (Å²) < 4.78 is 14.9. The van der Waals surface area contributed by atoms with Crippen molar-refractivity contribution in [2.75, 3.05) is 18.0 Å². The third-order valence-corrected chi connectivity index (χ3v) is 5.89. The van der Waals surface area contributed by atoms with Crippen molar-refractivity contribution in [3.8, 4) is 5.69 Å². The fourth-order valence-electron chi connectivity index (χ4n) is 3.93. The second kappa shape index (κ2) is 9.29. The summed E-state index contributed by atoms with van der Waals surface area (Å²) in [5, 5.41) is 7.31. The van der Waals surface area contributed by atoms with E-state index in [-0.39, 0.29) is 11.7 Å². The van der Waals surface area contributed by atoms with Crippen LogP contribution in [0.15, 0.2) is 48.8 Å². The molecular weight excluding hydrogens is 393 g/mol. The van der Waals surface area contributed by atoms with E-state index in [4.69, 9.17) is 0 Å². The predicted molar refractivity (Wildman–Crippen MR) is 119 cm³/mol. The summed E-state index contributed by atoms with van der Waals surface area (Å²) in [5.74, 6) is 1.29. The number of anilines is 1. The van der Waals surface area contributed by atoms with Crippen LogP contribution >= 0.6 is 0 Å². The van der Waals surface area contributed by atoms with E-state index in [0.717, 1.165) is 41.8 Å². The van der Waals surface area contributed by atoms with E-state index in [9.17, 15) is 9.18 Å². The van der Waals surface area contributed by atoms with Gasteiger partial charge in [-0.1, -0.05) is 19.9 Å². The molecule has 3 aromatic rings. The first-order valence-electron chi connectivity index (χ1n) is 10.9. The van der Waals surface area contributed by atoms with Gasteiger partial charge in [-0.05, 0) is 61.1 Å². The highest BCUT2D eigenvalue weighted by atomic mass is 19.1. The van der Waals surface area contributed by atoms with E-state index in [1.807, 2.05) is 25.3 Å². The van der Waals surface area contributed by atoms with E-state index in [0.29, 0.717) is 18.5 Å². The quantitative estimate of drug-likeness (QED) is 0.650. The highest BCUT2D eigenvalue weighted by molar-refractivity contribution is 5.95. The Morgan fingerprint density at radius 1 is 1.13 bits per heavy atom. The lowest BCUT2D eigenvalue weighted by molar-refractivity contribution is 0.0950. The van der Waals surface area contributed by atoms with Gasteiger partial charge in [0.2, 0.25) is 0 Å². The number of amides is 1. The SMILES string of the molecule is CCc1c(C(=O)NCc2ccc(N3CCC(C)CC3)nc2)cnn1-c1ccc(F)cc1. The van der Waals surface area contributed by atoms with Crippen LogP contribution in [0.1, 0.15) is 48.3 Å². The second-order valence-electron chi connectivity index (χ2n) is 8.12. The van der Waals surface area contributed by atoms with Gasteiger partial charge in [-0.3, -0.25) is 4.79 Å². The van der Waals surface area contributed by atoms with Crippen molar-refractivity contribution in [3.05, 3.63) is 71.4 Å². The Morgan fingerprint density at radius 2 is 1.87 bits per heavy atom. The molecule has 1 amide bonds. The van der Waals surface area contributed by atoms with Crippen molar-refractivity contribution >= 4 is 11.7 Å². The molecule has 1 aliphatic rings. The summed E-state index contributed by atoms with van der Waals surface area (Å²) in [4.78, 5) is 19.7. The van der Waals surface area contributed by atoms with Crippen LogP contribution in [0.3, 0.4) is 0 Å². The maximum Gasteiger partial charge on any atom is 0.255 e. The Kier molecular flexibility index (Phi) is 6.30. The summed E-state index contributed by atoms with van der Waals surface area (Å²) in [6.07, 6.45) is 6.42. The number of nitrogens with zero attached hydrogens (tertiary/aromatic N) is 4. The summed E-state index contributed by atoms with van der Waals surface area (Å²) in [6.45, 7) is 6.75. The van der Waals surface area contributed by atoms with Gasteiger partial charge in [-0.25, -0.2) is 14.1 Å². The second-order valence-corrected chi connectivity index (χ2v) is 8.12. The lowest BCUT2D eigenvalue weighted by Gasteiger charge is -2.31. The Morgan fingerprint density at radius 3 is 2.52 bits per heavy atom. The van der Waals surface area contributed by atoms with Crippen molar-refractivity contribution in [1.82, 2.24) is 20.1 Å².